The Kier molecular flexibility index (Phi) is 4.04. The van der Waals surface area contributed by atoms with Gasteiger partial charge in [0.1, 0.15) is 0 Å². The van der Waals surface area contributed by atoms with Crippen molar-refractivity contribution < 1.29 is 9.57 Å². The van der Waals surface area contributed by atoms with Gasteiger partial charge in [0, 0.05) is 24.9 Å². The Balaban J connectivity index is 2.12. The van der Waals surface area contributed by atoms with E-state index in [4.69, 9.17) is 15.3 Å². The third-order valence-electron chi connectivity index (χ3n) is 2.90. The minimum absolute atomic E-state index is 0.0370. The molecule has 0 radical (unpaired) electrons. The zero-order chi connectivity index (χ0) is 13.0. The Bertz CT molecular complexity index is 417. The highest BCUT2D eigenvalue weighted by Gasteiger charge is 2.26. The van der Waals surface area contributed by atoms with Gasteiger partial charge in [-0.3, -0.25) is 0 Å². The maximum Gasteiger partial charge on any atom is 0.212 e. The van der Waals surface area contributed by atoms with Crippen molar-refractivity contribution in [2.45, 2.75) is 25.8 Å². The average molecular weight is 249 g/mol. The lowest BCUT2D eigenvalue weighted by Crippen LogP contribution is -2.24. The number of unbranched alkanes of at least 4 members (excludes halogenated alkanes) is 1. The van der Waals surface area contributed by atoms with E-state index in [-0.39, 0.29) is 6.04 Å². The minimum atomic E-state index is 0.0370. The summed E-state index contributed by atoms with van der Waals surface area (Å²) in [5, 5.41) is 1.89. The Morgan fingerprint density at radius 3 is 2.94 bits per heavy atom. The lowest BCUT2D eigenvalue weighted by atomic mass is 10.1. The number of pyridine rings is 1. The van der Waals surface area contributed by atoms with Crippen molar-refractivity contribution in [2.75, 3.05) is 13.7 Å². The predicted octanol–water partition coefficient (Wildman–Crippen LogP) is 1.98. The lowest BCUT2D eigenvalue weighted by Gasteiger charge is -2.22. The van der Waals surface area contributed by atoms with Gasteiger partial charge < -0.3 is 15.3 Å². The van der Waals surface area contributed by atoms with Crippen molar-refractivity contribution in [1.82, 2.24) is 10.0 Å². The first kappa shape index (κ1) is 12.7. The van der Waals surface area contributed by atoms with Crippen LogP contribution in [-0.2, 0) is 4.84 Å². The number of hydroxylamine groups is 2. The fraction of sp³-hybridized carbons (Fsp3) is 0.462. The Morgan fingerprint density at radius 2 is 2.33 bits per heavy atom. The van der Waals surface area contributed by atoms with Crippen LogP contribution in [0.1, 0.15) is 31.4 Å². The molecule has 5 nitrogen and oxygen atoms in total. The largest absolute Gasteiger partial charge is 0.481 e. The molecule has 0 fully saturated rings. The minimum Gasteiger partial charge on any atom is -0.481 e. The van der Waals surface area contributed by atoms with Crippen molar-refractivity contribution in [3.8, 4) is 5.88 Å². The van der Waals surface area contributed by atoms with Gasteiger partial charge in [-0.15, -0.1) is 5.06 Å². The van der Waals surface area contributed by atoms with Crippen molar-refractivity contribution >= 4 is 0 Å². The van der Waals surface area contributed by atoms with Crippen LogP contribution in [0.15, 0.2) is 30.3 Å². The van der Waals surface area contributed by atoms with E-state index in [1.165, 1.54) is 0 Å². The highest BCUT2D eigenvalue weighted by molar-refractivity contribution is 5.25. The molecule has 98 valence electrons. The standard InChI is InChI=1S/C13H19N3O2/c1-3-4-7-16-11(8-12(14)18-16)10-5-6-13(17-2)15-9-10/h5-6,8-9,11H,3-4,7,14H2,1-2H3. The second kappa shape index (κ2) is 5.73. The highest BCUT2D eigenvalue weighted by atomic mass is 16.7. The summed E-state index contributed by atoms with van der Waals surface area (Å²) in [6, 6.07) is 3.86. The normalized spacial score (nSPS) is 19.4. The zero-order valence-electron chi connectivity index (χ0n) is 10.8. The molecule has 1 aromatic rings. The van der Waals surface area contributed by atoms with E-state index in [1.807, 2.05) is 23.3 Å². The molecule has 1 aliphatic rings. The van der Waals surface area contributed by atoms with Gasteiger partial charge in [0.2, 0.25) is 11.8 Å². The number of nitrogens with two attached hydrogens (primary N) is 1. The summed E-state index contributed by atoms with van der Waals surface area (Å²) >= 11 is 0. The summed E-state index contributed by atoms with van der Waals surface area (Å²) in [7, 11) is 1.60. The molecule has 2 N–H and O–H groups in total. The molecule has 5 heteroatoms. The van der Waals surface area contributed by atoms with Crippen LogP contribution in [0.4, 0.5) is 0 Å². The highest BCUT2D eigenvalue weighted by Crippen LogP contribution is 2.29. The van der Waals surface area contributed by atoms with Crippen LogP contribution in [0.3, 0.4) is 0 Å². The summed E-state index contributed by atoms with van der Waals surface area (Å²) in [5.74, 6) is 1.06. The molecule has 0 aliphatic carbocycles. The summed E-state index contributed by atoms with van der Waals surface area (Å²) in [6.45, 7) is 3.00. The second-order valence-corrected chi connectivity index (χ2v) is 4.23. The third-order valence-corrected chi connectivity index (χ3v) is 2.90. The van der Waals surface area contributed by atoms with Crippen LogP contribution in [-0.4, -0.2) is 23.7 Å². The van der Waals surface area contributed by atoms with Crippen molar-refractivity contribution in [2.24, 2.45) is 5.73 Å². The van der Waals surface area contributed by atoms with Gasteiger partial charge in [-0.25, -0.2) is 4.98 Å². The number of methoxy groups -OCH3 is 1. The second-order valence-electron chi connectivity index (χ2n) is 4.23. The number of aromatic nitrogens is 1. The molecular formula is C13H19N3O2. The van der Waals surface area contributed by atoms with Crippen LogP contribution < -0.4 is 10.5 Å². The molecule has 0 amide bonds. The maximum absolute atomic E-state index is 5.73. The lowest BCUT2D eigenvalue weighted by molar-refractivity contribution is -0.120. The van der Waals surface area contributed by atoms with E-state index in [9.17, 15) is 0 Å². The van der Waals surface area contributed by atoms with Crippen molar-refractivity contribution in [3.63, 3.8) is 0 Å². The van der Waals surface area contributed by atoms with Gasteiger partial charge >= 0.3 is 0 Å². The molecule has 1 unspecified atom stereocenters. The smallest absolute Gasteiger partial charge is 0.212 e. The molecular weight excluding hydrogens is 230 g/mol. The van der Waals surface area contributed by atoms with E-state index in [2.05, 4.69) is 11.9 Å². The first-order valence-corrected chi connectivity index (χ1v) is 6.16. The SMILES string of the molecule is CCCCN1OC(N)=CC1c1ccc(OC)nc1. The average Bonchev–Trinajstić information content (AvgIpc) is 2.77. The fourth-order valence-electron chi connectivity index (χ4n) is 1.91. The van der Waals surface area contributed by atoms with Crippen LogP contribution in [0, 0.1) is 0 Å². The first-order valence-electron chi connectivity index (χ1n) is 6.16. The molecule has 2 rings (SSSR count). The van der Waals surface area contributed by atoms with Gasteiger partial charge in [0.15, 0.2) is 0 Å². The molecule has 0 spiro atoms. The van der Waals surface area contributed by atoms with Crippen molar-refractivity contribution in [1.29, 1.82) is 0 Å². The Hall–Kier alpha value is -1.75. The van der Waals surface area contributed by atoms with Crippen LogP contribution in [0.5, 0.6) is 5.88 Å². The van der Waals surface area contributed by atoms with E-state index in [0.29, 0.717) is 11.8 Å². The third kappa shape index (κ3) is 2.73. The summed E-state index contributed by atoms with van der Waals surface area (Å²) in [5.41, 5.74) is 6.78. The number of ether oxygens (including phenoxy) is 1. The number of hydrogen-bond donors (Lipinski definition) is 1. The number of nitrogens with zero attached hydrogens (tertiary/aromatic N) is 2. The predicted molar refractivity (Wildman–Crippen MR) is 68.5 cm³/mol. The van der Waals surface area contributed by atoms with Gasteiger partial charge in [-0.05, 0) is 12.0 Å². The van der Waals surface area contributed by atoms with Gasteiger partial charge in [0.05, 0.1) is 13.2 Å². The van der Waals surface area contributed by atoms with E-state index in [0.717, 1.165) is 24.9 Å². The molecule has 0 saturated carbocycles. The quantitative estimate of drug-likeness (QED) is 0.864. The molecule has 0 bridgehead atoms. The van der Waals surface area contributed by atoms with Gasteiger partial charge in [-0.2, -0.15) is 0 Å². The van der Waals surface area contributed by atoms with Crippen LogP contribution in [0.2, 0.25) is 0 Å². The molecule has 18 heavy (non-hydrogen) atoms. The van der Waals surface area contributed by atoms with Gasteiger partial charge in [0.25, 0.3) is 0 Å². The summed E-state index contributed by atoms with van der Waals surface area (Å²) < 4.78 is 5.05. The summed E-state index contributed by atoms with van der Waals surface area (Å²) in [6.07, 6.45) is 5.88. The number of rotatable bonds is 5. The molecule has 0 aromatic carbocycles. The fourth-order valence-corrected chi connectivity index (χ4v) is 1.91. The zero-order valence-corrected chi connectivity index (χ0v) is 10.8. The summed E-state index contributed by atoms with van der Waals surface area (Å²) in [4.78, 5) is 9.71. The van der Waals surface area contributed by atoms with Gasteiger partial charge in [-0.1, -0.05) is 19.4 Å². The molecule has 0 saturated heterocycles. The van der Waals surface area contributed by atoms with E-state index < -0.39 is 0 Å². The molecule has 2 heterocycles. The maximum atomic E-state index is 5.73. The van der Waals surface area contributed by atoms with Crippen LogP contribution in [0.25, 0.3) is 0 Å². The topological polar surface area (TPSA) is 60.6 Å². The molecule has 1 aliphatic heterocycles. The number of hydrogen-bond acceptors (Lipinski definition) is 5. The molecule has 1 aromatic heterocycles. The first-order chi connectivity index (χ1) is 8.74. The van der Waals surface area contributed by atoms with E-state index >= 15 is 0 Å². The Morgan fingerprint density at radius 1 is 1.50 bits per heavy atom. The Labute approximate surface area is 107 Å². The van der Waals surface area contributed by atoms with Crippen LogP contribution >= 0.6 is 0 Å². The monoisotopic (exact) mass is 249 g/mol. The van der Waals surface area contributed by atoms with E-state index in [1.54, 1.807) is 13.3 Å². The molecule has 1 atom stereocenters. The van der Waals surface area contributed by atoms with Crippen molar-refractivity contribution in [3.05, 3.63) is 35.9 Å².